The van der Waals surface area contributed by atoms with E-state index >= 15 is 0 Å². The summed E-state index contributed by atoms with van der Waals surface area (Å²) in [6.45, 7) is 4.24. The number of fused-ring (bicyclic) bond motifs is 1. The van der Waals surface area contributed by atoms with Crippen LogP contribution in [-0.4, -0.2) is 9.97 Å². The van der Waals surface area contributed by atoms with E-state index in [0.29, 0.717) is 0 Å². The van der Waals surface area contributed by atoms with Crippen LogP contribution < -0.4 is 0 Å². The lowest BCUT2D eigenvalue weighted by atomic mass is 10.1. The fourth-order valence-corrected chi connectivity index (χ4v) is 2.51. The number of aromatic nitrogens is 2. The Morgan fingerprint density at radius 2 is 2.06 bits per heavy atom. The van der Waals surface area contributed by atoms with Crippen LogP contribution in [0.5, 0.6) is 0 Å². The molecule has 2 nitrogen and oxygen atoms in total. The van der Waals surface area contributed by atoms with Crippen LogP contribution in [0.15, 0.2) is 29.6 Å². The second kappa shape index (κ2) is 3.46. The Morgan fingerprint density at radius 1 is 1.19 bits per heavy atom. The van der Waals surface area contributed by atoms with Crippen LogP contribution in [0.3, 0.4) is 0 Å². The number of imidazole rings is 1. The molecule has 2 aromatic heterocycles. The van der Waals surface area contributed by atoms with E-state index in [1.54, 1.807) is 11.3 Å². The molecule has 16 heavy (non-hydrogen) atoms. The van der Waals surface area contributed by atoms with Crippen molar-refractivity contribution in [3.8, 4) is 10.7 Å². The topological polar surface area (TPSA) is 28.7 Å². The molecular formula is C13H12N2S. The van der Waals surface area contributed by atoms with Gasteiger partial charge in [-0.2, -0.15) is 0 Å². The molecule has 0 unspecified atom stereocenters. The number of aromatic amines is 1. The van der Waals surface area contributed by atoms with Crippen LogP contribution in [0, 0.1) is 13.8 Å². The zero-order chi connectivity index (χ0) is 11.1. The van der Waals surface area contributed by atoms with Gasteiger partial charge in [-0.3, -0.25) is 0 Å². The second-order valence-electron chi connectivity index (χ2n) is 3.97. The van der Waals surface area contributed by atoms with Crippen LogP contribution in [0.4, 0.5) is 0 Å². The third kappa shape index (κ3) is 1.36. The van der Waals surface area contributed by atoms with Crippen LogP contribution in [-0.2, 0) is 0 Å². The minimum absolute atomic E-state index is 0.971. The molecule has 0 saturated heterocycles. The van der Waals surface area contributed by atoms with E-state index in [1.807, 2.05) is 6.07 Å². The van der Waals surface area contributed by atoms with Crippen molar-refractivity contribution in [1.82, 2.24) is 9.97 Å². The van der Waals surface area contributed by atoms with Gasteiger partial charge in [-0.1, -0.05) is 12.1 Å². The SMILES string of the molecule is Cc1ccc2[nH]c(-c3cccs3)nc2c1C. The Balaban J connectivity index is 2.28. The van der Waals surface area contributed by atoms with Crippen molar-refractivity contribution in [2.75, 3.05) is 0 Å². The van der Waals surface area contributed by atoms with Gasteiger partial charge >= 0.3 is 0 Å². The molecule has 0 atom stereocenters. The van der Waals surface area contributed by atoms with Crippen molar-refractivity contribution in [3.63, 3.8) is 0 Å². The van der Waals surface area contributed by atoms with Gasteiger partial charge in [0, 0.05) is 0 Å². The molecule has 0 spiro atoms. The van der Waals surface area contributed by atoms with Gasteiger partial charge in [-0.25, -0.2) is 4.98 Å². The van der Waals surface area contributed by atoms with Crippen molar-refractivity contribution >= 4 is 22.4 Å². The van der Waals surface area contributed by atoms with Crippen LogP contribution in [0.25, 0.3) is 21.7 Å². The molecule has 80 valence electrons. The van der Waals surface area contributed by atoms with Crippen molar-refractivity contribution in [2.45, 2.75) is 13.8 Å². The van der Waals surface area contributed by atoms with Gasteiger partial charge in [0.15, 0.2) is 0 Å². The first-order valence-corrected chi connectivity index (χ1v) is 6.13. The maximum atomic E-state index is 4.67. The Kier molecular flexibility index (Phi) is 2.07. The molecule has 3 rings (SSSR count). The van der Waals surface area contributed by atoms with E-state index in [2.05, 4.69) is 47.4 Å². The molecule has 0 aliphatic carbocycles. The third-order valence-corrected chi connectivity index (χ3v) is 3.81. The molecule has 0 aliphatic heterocycles. The van der Waals surface area contributed by atoms with Gasteiger partial charge in [-0.05, 0) is 42.5 Å². The van der Waals surface area contributed by atoms with E-state index in [1.165, 1.54) is 16.0 Å². The predicted octanol–water partition coefficient (Wildman–Crippen LogP) is 3.91. The summed E-state index contributed by atoms with van der Waals surface area (Å²) < 4.78 is 0. The Bertz CT molecular complexity index is 635. The lowest BCUT2D eigenvalue weighted by molar-refractivity contribution is 1.33. The van der Waals surface area contributed by atoms with Gasteiger partial charge < -0.3 is 4.98 Å². The number of nitrogens with zero attached hydrogens (tertiary/aromatic N) is 1. The zero-order valence-electron chi connectivity index (χ0n) is 9.24. The van der Waals surface area contributed by atoms with Crippen LogP contribution in [0.2, 0.25) is 0 Å². The molecule has 0 radical (unpaired) electrons. The van der Waals surface area contributed by atoms with Crippen molar-refractivity contribution in [3.05, 3.63) is 40.8 Å². The molecule has 0 fully saturated rings. The Hall–Kier alpha value is -1.61. The molecule has 0 amide bonds. The maximum Gasteiger partial charge on any atom is 0.148 e. The summed E-state index contributed by atoms with van der Waals surface area (Å²) in [5, 5.41) is 2.07. The molecule has 0 saturated carbocycles. The lowest BCUT2D eigenvalue weighted by Gasteiger charge is -1.98. The van der Waals surface area contributed by atoms with E-state index in [4.69, 9.17) is 0 Å². The average Bonchev–Trinajstić information content (AvgIpc) is 2.91. The maximum absolute atomic E-state index is 4.67. The fourth-order valence-electron chi connectivity index (χ4n) is 1.84. The van der Waals surface area contributed by atoms with E-state index < -0.39 is 0 Å². The minimum atomic E-state index is 0.971. The number of benzene rings is 1. The van der Waals surface area contributed by atoms with E-state index in [9.17, 15) is 0 Å². The van der Waals surface area contributed by atoms with Crippen molar-refractivity contribution in [1.29, 1.82) is 0 Å². The van der Waals surface area contributed by atoms with Gasteiger partial charge in [0.05, 0.1) is 15.9 Å². The summed E-state index contributed by atoms with van der Waals surface area (Å²) in [6.07, 6.45) is 0. The fraction of sp³-hybridized carbons (Fsp3) is 0.154. The highest BCUT2D eigenvalue weighted by Crippen LogP contribution is 2.26. The number of nitrogens with one attached hydrogen (secondary N) is 1. The molecule has 3 heteroatoms. The number of rotatable bonds is 1. The largest absolute Gasteiger partial charge is 0.337 e. The highest BCUT2D eigenvalue weighted by Gasteiger charge is 2.08. The highest BCUT2D eigenvalue weighted by molar-refractivity contribution is 7.13. The molecule has 2 heterocycles. The lowest BCUT2D eigenvalue weighted by Crippen LogP contribution is -1.81. The smallest absolute Gasteiger partial charge is 0.148 e. The first-order chi connectivity index (χ1) is 7.75. The zero-order valence-corrected chi connectivity index (χ0v) is 10.1. The molecular weight excluding hydrogens is 216 g/mol. The van der Waals surface area contributed by atoms with Crippen LogP contribution in [0.1, 0.15) is 11.1 Å². The van der Waals surface area contributed by atoms with Gasteiger partial charge in [0.25, 0.3) is 0 Å². The first-order valence-electron chi connectivity index (χ1n) is 5.25. The summed E-state index contributed by atoms with van der Waals surface area (Å²) in [6, 6.07) is 8.37. The second-order valence-corrected chi connectivity index (χ2v) is 4.91. The molecule has 0 bridgehead atoms. The monoisotopic (exact) mass is 228 g/mol. The summed E-state index contributed by atoms with van der Waals surface area (Å²) in [4.78, 5) is 9.22. The van der Waals surface area contributed by atoms with Crippen molar-refractivity contribution in [2.24, 2.45) is 0 Å². The summed E-state index contributed by atoms with van der Waals surface area (Å²) in [5.41, 5.74) is 4.75. The van der Waals surface area contributed by atoms with Gasteiger partial charge in [-0.15, -0.1) is 11.3 Å². The normalized spacial score (nSPS) is 11.1. The number of hydrogen-bond acceptors (Lipinski definition) is 2. The summed E-state index contributed by atoms with van der Waals surface area (Å²) >= 11 is 1.71. The van der Waals surface area contributed by atoms with Gasteiger partial charge in [0.2, 0.25) is 0 Å². The molecule has 0 aliphatic rings. The van der Waals surface area contributed by atoms with Crippen LogP contribution >= 0.6 is 11.3 Å². The number of aryl methyl sites for hydroxylation is 2. The number of thiophene rings is 1. The predicted molar refractivity (Wildman–Crippen MR) is 68.9 cm³/mol. The van der Waals surface area contributed by atoms with Crippen molar-refractivity contribution < 1.29 is 0 Å². The average molecular weight is 228 g/mol. The molecule has 3 aromatic rings. The number of hydrogen-bond donors (Lipinski definition) is 1. The van der Waals surface area contributed by atoms with E-state index in [-0.39, 0.29) is 0 Å². The quantitative estimate of drug-likeness (QED) is 0.672. The third-order valence-electron chi connectivity index (χ3n) is 2.93. The standard InChI is InChI=1S/C13H12N2S/c1-8-5-6-10-12(9(8)2)15-13(14-10)11-4-3-7-16-11/h3-7H,1-2H3,(H,14,15). The van der Waals surface area contributed by atoms with E-state index in [0.717, 1.165) is 16.9 Å². The Labute approximate surface area is 98.0 Å². The minimum Gasteiger partial charge on any atom is -0.337 e. The summed E-state index contributed by atoms with van der Waals surface area (Å²) in [5.74, 6) is 0.971. The number of H-pyrrole nitrogens is 1. The summed E-state index contributed by atoms with van der Waals surface area (Å²) in [7, 11) is 0. The molecule has 1 aromatic carbocycles. The Morgan fingerprint density at radius 3 is 2.81 bits per heavy atom. The highest BCUT2D eigenvalue weighted by atomic mass is 32.1. The van der Waals surface area contributed by atoms with Gasteiger partial charge in [0.1, 0.15) is 5.82 Å². The molecule has 1 N–H and O–H groups in total. The first kappa shape index (κ1) is 9.60.